The number of carbonyl (C=O) groups excluding carboxylic acids is 2. The Bertz CT molecular complexity index is 1090. The maximum absolute atomic E-state index is 12.5. The van der Waals surface area contributed by atoms with E-state index in [1.165, 1.54) is 18.4 Å². The molecule has 0 aliphatic heterocycles. The van der Waals surface area contributed by atoms with E-state index >= 15 is 0 Å². The zero-order chi connectivity index (χ0) is 21.1. The highest BCUT2D eigenvalue weighted by Crippen LogP contribution is 2.39. The van der Waals surface area contributed by atoms with E-state index in [0.717, 1.165) is 45.3 Å². The van der Waals surface area contributed by atoms with Crippen LogP contribution >= 0.6 is 27.3 Å². The van der Waals surface area contributed by atoms with E-state index in [-0.39, 0.29) is 12.5 Å². The van der Waals surface area contributed by atoms with Gasteiger partial charge in [0, 0.05) is 4.88 Å². The molecule has 5 nitrogen and oxygen atoms in total. The molecule has 0 saturated carbocycles. The van der Waals surface area contributed by atoms with Gasteiger partial charge in [-0.25, -0.2) is 4.79 Å². The maximum atomic E-state index is 12.5. The highest BCUT2D eigenvalue weighted by atomic mass is 79.9. The minimum Gasteiger partial charge on any atom is -0.483 e. The zero-order valence-corrected chi connectivity index (χ0v) is 18.8. The van der Waals surface area contributed by atoms with Crippen LogP contribution in [0.2, 0.25) is 0 Å². The summed E-state index contributed by atoms with van der Waals surface area (Å²) < 4.78 is 11.4. The van der Waals surface area contributed by atoms with Crippen LogP contribution in [-0.4, -0.2) is 25.6 Å². The van der Waals surface area contributed by atoms with Gasteiger partial charge in [-0.2, -0.15) is 0 Å². The highest BCUT2D eigenvalue weighted by Gasteiger charge is 2.28. The van der Waals surface area contributed by atoms with Crippen LogP contribution in [0.1, 0.15) is 27.2 Å². The van der Waals surface area contributed by atoms with Crippen LogP contribution in [0.25, 0.3) is 11.1 Å². The van der Waals surface area contributed by atoms with Gasteiger partial charge in [-0.05, 0) is 64.0 Å². The number of carbonyl (C=O) groups is 2. The van der Waals surface area contributed by atoms with Crippen LogP contribution in [0.5, 0.6) is 5.75 Å². The van der Waals surface area contributed by atoms with Crippen molar-refractivity contribution in [3.05, 3.63) is 69.0 Å². The van der Waals surface area contributed by atoms with Crippen LogP contribution in [0.3, 0.4) is 0 Å². The fourth-order valence-electron chi connectivity index (χ4n) is 3.54. The lowest BCUT2D eigenvalue weighted by Crippen LogP contribution is -2.21. The van der Waals surface area contributed by atoms with Crippen LogP contribution < -0.4 is 10.1 Å². The molecule has 0 atom stereocenters. The Balaban J connectivity index is 1.43. The number of benzene rings is 2. The number of esters is 1. The Kier molecular flexibility index (Phi) is 6.20. The Morgan fingerprint density at radius 1 is 1.10 bits per heavy atom. The molecule has 4 rings (SSSR count). The third kappa shape index (κ3) is 4.27. The molecule has 1 heterocycles. The number of halogens is 1. The van der Waals surface area contributed by atoms with Crippen molar-refractivity contribution >= 4 is 44.1 Å². The number of nitrogens with one attached hydrogen (secondary N) is 1. The van der Waals surface area contributed by atoms with Gasteiger partial charge in [-0.15, -0.1) is 11.3 Å². The normalized spacial score (nSPS) is 12.3. The third-order valence-electron chi connectivity index (χ3n) is 4.96. The number of fused-ring (bicyclic) bond motifs is 1. The van der Waals surface area contributed by atoms with Gasteiger partial charge in [0.15, 0.2) is 6.61 Å². The van der Waals surface area contributed by atoms with Crippen molar-refractivity contribution in [3.8, 4) is 16.9 Å². The van der Waals surface area contributed by atoms with Crippen molar-refractivity contribution < 1.29 is 19.1 Å². The number of rotatable bonds is 6. The molecule has 0 saturated heterocycles. The number of thiophene rings is 1. The topological polar surface area (TPSA) is 64.6 Å². The number of methoxy groups -OCH3 is 1. The molecule has 1 amide bonds. The van der Waals surface area contributed by atoms with Crippen molar-refractivity contribution in [2.45, 2.75) is 19.3 Å². The molecule has 1 aromatic heterocycles. The van der Waals surface area contributed by atoms with E-state index in [1.54, 1.807) is 0 Å². The number of anilines is 1. The van der Waals surface area contributed by atoms with Crippen molar-refractivity contribution in [2.24, 2.45) is 0 Å². The summed E-state index contributed by atoms with van der Waals surface area (Å²) in [6.45, 7) is -0.160. The summed E-state index contributed by atoms with van der Waals surface area (Å²) in [5.74, 6) is -0.157. The molecule has 2 aromatic carbocycles. The quantitative estimate of drug-likeness (QED) is 0.470. The van der Waals surface area contributed by atoms with Crippen LogP contribution in [0.15, 0.2) is 53.0 Å². The highest BCUT2D eigenvalue weighted by molar-refractivity contribution is 9.10. The van der Waals surface area contributed by atoms with E-state index < -0.39 is 5.97 Å². The molecule has 7 heteroatoms. The molecule has 1 aliphatic carbocycles. The fraction of sp³-hybridized carbons (Fsp3) is 0.217. The molecule has 30 heavy (non-hydrogen) atoms. The van der Waals surface area contributed by atoms with E-state index in [9.17, 15) is 9.59 Å². The van der Waals surface area contributed by atoms with Gasteiger partial charge in [0.2, 0.25) is 0 Å². The van der Waals surface area contributed by atoms with E-state index in [1.807, 2.05) is 48.5 Å². The summed E-state index contributed by atoms with van der Waals surface area (Å²) in [5, 5.41) is 3.36. The van der Waals surface area contributed by atoms with Gasteiger partial charge in [0.1, 0.15) is 10.8 Å². The molecular formula is C23H20BrNO4S. The van der Waals surface area contributed by atoms with Crippen molar-refractivity contribution in [1.82, 2.24) is 0 Å². The van der Waals surface area contributed by atoms with Gasteiger partial charge >= 0.3 is 5.97 Å². The van der Waals surface area contributed by atoms with Crippen LogP contribution in [0.4, 0.5) is 5.00 Å². The van der Waals surface area contributed by atoms with E-state index in [0.29, 0.717) is 16.3 Å². The monoisotopic (exact) mass is 485 g/mol. The summed E-state index contributed by atoms with van der Waals surface area (Å²) in [6, 6.07) is 15.8. The molecule has 3 aromatic rings. The Morgan fingerprint density at radius 3 is 2.63 bits per heavy atom. The standard InChI is InChI=1S/C23H20BrNO4S/c1-28-23(27)21-16-8-5-9-19(16)30-22(21)25-20(26)13-29-18-11-10-15(12-17(18)24)14-6-3-2-4-7-14/h2-4,6-7,10-12H,5,8-9,13H2,1H3,(H,25,26). The molecule has 0 unspecified atom stereocenters. The van der Waals surface area contributed by atoms with Gasteiger partial charge < -0.3 is 14.8 Å². The number of hydrogen-bond donors (Lipinski definition) is 1. The number of amides is 1. The molecule has 1 N–H and O–H groups in total. The van der Waals surface area contributed by atoms with Gasteiger partial charge in [0.25, 0.3) is 5.91 Å². The summed E-state index contributed by atoms with van der Waals surface area (Å²) in [7, 11) is 1.35. The van der Waals surface area contributed by atoms with Gasteiger partial charge in [-0.1, -0.05) is 36.4 Å². The van der Waals surface area contributed by atoms with Crippen molar-refractivity contribution in [1.29, 1.82) is 0 Å². The molecule has 0 bridgehead atoms. The number of hydrogen-bond acceptors (Lipinski definition) is 5. The summed E-state index contributed by atoms with van der Waals surface area (Å²) in [4.78, 5) is 25.8. The van der Waals surface area contributed by atoms with Crippen molar-refractivity contribution in [3.63, 3.8) is 0 Å². The van der Waals surface area contributed by atoms with Gasteiger partial charge in [-0.3, -0.25) is 4.79 Å². The largest absolute Gasteiger partial charge is 0.483 e. The van der Waals surface area contributed by atoms with Crippen LogP contribution in [-0.2, 0) is 22.4 Å². The van der Waals surface area contributed by atoms with E-state index in [2.05, 4.69) is 21.2 Å². The Hall–Kier alpha value is -2.64. The fourth-order valence-corrected chi connectivity index (χ4v) is 5.33. The zero-order valence-electron chi connectivity index (χ0n) is 16.4. The first-order chi connectivity index (χ1) is 14.6. The average Bonchev–Trinajstić information content (AvgIpc) is 3.33. The molecule has 0 fully saturated rings. The lowest BCUT2D eigenvalue weighted by Gasteiger charge is -2.11. The Labute approximate surface area is 187 Å². The second-order valence-electron chi connectivity index (χ2n) is 6.90. The molecule has 0 spiro atoms. The molecular weight excluding hydrogens is 466 g/mol. The predicted octanol–water partition coefficient (Wildman–Crippen LogP) is 5.47. The lowest BCUT2D eigenvalue weighted by molar-refractivity contribution is -0.118. The second kappa shape index (κ2) is 9.02. The number of aryl methyl sites for hydroxylation is 1. The first-order valence-corrected chi connectivity index (χ1v) is 11.2. The molecule has 0 radical (unpaired) electrons. The number of ether oxygens (including phenoxy) is 2. The smallest absolute Gasteiger partial charge is 0.341 e. The minimum absolute atomic E-state index is 0.160. The first-order valence-electron chi connectivity index (χ1n) is 9.57. The molecule has 154 valence electrons. The average molecular weight is 486 g/mol. The lowest BCUT2D eigenvalue weighted by atomic mass is 10.1. The third-order valence-corrected chi connectivity index (χ3v) is 6.79. The summed E-state index contributed by atoms with van der Waals surface area (Å²) >= 11 is 4.96. The Morgan fingerprint density at radius 2 is 1.90 bits per heavy atom. The minimum atomic E-state index is -0.412. The molecule has 1 aliphatic rings. The summed E-state index contributed by atoms with van der Waals surface area (Å²) in [5.41, 5.74) is 3.64. The second-order valence-corrected chi connectivity index (χ2v) is 8.86. The van der Waals surface area contributed by atoms with Crippen LogP contribution in [0, 0.1) is 0 Å². The van der Waals surface area contributed by atoms with Crippen molar-refractivity contribution in [2.75, 3.05) is 19.0 Å². The first kappa shape index (κ1) is 20.6. The van der Waals surface area contributed by atoms with E-state index in [4.69, 9.17) is 9.47 Å². The maximum Gasteiger partial charge on any atom is 0.341 e. The van der Waals surface area contributed by atoms with Gasteiger partial charge in [0.05, 0.1) is 17.1 Å². The SMILES string of the molecule is COC(=O)c1c(NC(=O)COc2ccc(-c3ccccc3)cc2Br)sc2c1CCC2. The predicted molar refractivity (Wildman–Crippen MR) is 121 cm³/mol. The summed E-state index contributed by atoms with van der Waals surface area (Å²) in [6.07, 6.45) is 2.79.